The van der Waals surface area contributed by atoms with Crippen molar-refractivity contribution < 1.29 is 4.79 Å². The molecule has 1 amide bonds. The van der Waals surface area contributed by atoms with E-state index in [2.05, 4.69) is 37.2 Å². The number of amides is 1. The molecule has 0 atom stereocenters. The number of anilines is 2. The number of halogens is 1. The number of carbonyl (C=O) groups is 1. The van der Waals surface area contributed by atoms with E-state index in [-0.39, 0.29) is 5.91 Å². The molecular formula is C16H16BrN3O. The molecule has 0 saturated carbocycles. The molecule has 1 aliphatic rings. The van der Waals surface area contributed by atoms with E-state index in [1.807, 2.05) is 18.2 Å². The average molecular weight is 346 g/mol. The van der Waals surface area contributed by atoms with Gasteiger partial charge in [0.2, 0.25) is 0 Å². The van der Waals surface area contributed by atoms with Crippen molar-refractivity contribution in [2.75, 3.05) is 23.3 Å². The second-order valence-electron chi connectivity index (χ2n) is 5.07. The first-order valence-electron chi connectivity index (χ1n) is 7.00. The molecular weight excluding hydrogens is 330 g/mol. The van der Waals surface area contributed by atoms with Crippen molar-refractivity contribution in [3.63, 3.8) is 0 Å². The molecule has 2 aromatic rings. The van der Waals surface area contributed by atoms with Crippen molar-refractivity contribution in [1.29, 1.82) is 0 Å². The van der Waals surface area contributed by atoms with Crippen molar-refractivity contribution in [3.8, 4) is 0 Å². The number of benzene rings is 1. The molecule has 108 valence electrons. The fourth-order valence-corrected chi connectivity index (χ4v) is 2.70. The fraction of sp³-hybridized carbons (Fsp3) is 0.250. The van der Waals surface area contributed by atoms with E-state index < -0.39 is 0 Å². The number of nitrogens with zero attached hydrogens (tertiary/aromatic N) is 2. The van der Waals surface area contributed by atoms with E-state index in [0.717, 1.165) is 23.4 Å². The summed E-state index contributed by atoms with van der Waals surface area (Å²) in [4.78, 5) is 18.6. The van der Waals surface area contributed by atoms with E-state index >= 15 is 0 Å². The lowest BCUT2D eigenvalue weighted by atomic mass is 10.2. The maximum absolute atomic E-state index is 12.2. The Balaban J connectivity index is 1.73. The molecule has 0 spiro atoms. The molecule has 1 aliphatic heterocycles. The number of aromatic nitrogens is 1. The molecule has 1 aromatic heterocycles. The molecule has 1 fully saturated rings. The lowest BCUT2D eigenvalue weighted by molar-refractivity contribution is 0.102. The van der Waals surface area contributed by atoms with Crippen LogP contribution in [0.2, 0.25) is 0 Å². The van der Waals surface area contributed by atoms with Gasteiger partial charge in [0.15, 0.2) is 0 Å². The number of carbonyl (C=O) groups excluding carboxylic acids is 1. The van der Waals surface area contributed by atoms with E-state index in [1.165, 1.54) is 18.5 Å². The second-order valence-corrected chi connectivity index (χ2v) is 5.88. The molecule has 2 heterocycles. The highest BCUT2D eigenvalue weighted by Gasteiger charge is 2.13. The van der Waals surface area contributed by atoms with Crippen LogP contribution in [-0.2, 0) is 0 Å². The third-order valence-electron chi connectivity index (χ3n) is 3.56. The maximum atomic E-state index is 12.2. The Morgan fingerprint density at radius 2 is 2.00 bits per heavy atom. The van der Waals surface area contributed by atoms with Gasteiger partial charge in [-0.2, -0.15) is 0 Å². The van der Waals surface area contributed by atoms with E-state index in [1.54, 1.807) is 18.3 Å². The van der Waals surface area contributed by atoms with Gasteiger partial charge in [-0.25, -0.2) is 4.98 Å². The van der Waals surface area contributed by atoms with Crippen LogP contribution in [0.15, 0.2) is 47.2 Å². The summed E-state index contributed by atoms with van der Waals surface area (Å²) in [6.45, 7) is 2.18. The summed E-state index contributed by atoms with van der Waals surface area (Å²) >= 11 is 3.26. The second kappa shape index (κ2) is 6.26. The minimum absolute atomic E-state index is 0.145. The Bertz CT molecular complexity index is 636. The molecule has 1 N–H and O–H groups in total. The summed E-state index contributed by atoms with van der Waals surface area (Å²) in [6, 6.07) is 11.5. The van der Waals surface area contributed by atoms with Crippen LogP contribution < -0.4 is 10.2 Å². The molecule has 0 bridgehead atoms. The lowest BCUT2D eigenvalue weighted by Gasteiger charge is -2.18. The highest BCUT2D eigenvalue weighted by molar-refractivity contribution is 9.10. The predicted octanol–water partition coefficient (Wildman–Crippen LogP) is 3.70. The molecule has 0 aliphatic carbocycles. The van der Waals surface area contributed by atoms with Crippen molar-refractivity contribution in [3.05, 3.63) is 52.8 Å². The zero-order chi connectivity index (χ0) is 14.7. The van der Waals surface area contributed by atoms with Gasteiger partial charge >= 0.3 is 0 Å². The molecule has 3 rings (SSSR count). The Morgan fingerprint density at radius 3 is 2.71 bits per heavy atom. The van der Waals surface area contributed by atoms with E-state index in [0.29, 0.717) is 5.56 Å². The van der Waals surface area contributed by atoms with Crippen LogP contribution in [0.5, 0.6) is 0 Å². The van der Waals surface area contributed by atoms with E-state index in [9.17, 15) is 4.79 Å². The molecule has 1 aromatic carbocycles. The Hall–Kier alpha value is -1.88. The molecule has 5 heteroatoms. The van der Waals surface area contributed by atoms with Gasteiger partial charge in [0.25, 0.3) is 5.91 Å². The first kappa shape index (κ1) is 14.1. The Labute approximate surface area is 132 Å². The van der Waals surface area contributed by atoms with Crippen LogP contribution in [0.1, 0.15) is 23.2 Å². The zero-order valence-electron chi connectivity index (χ0n) is 11.6. The number of hydrogen-bond acceptors (Lipinski definition) is 3. The third kappa shape index (κ3) is 3.42. The summed E-state index contributed by atoms with van der Waals surface area (Å²) in [5.74, 6) is -0.145. The highest BCUT2D eigenvalue weighted by Crippen LogP contribution is 2.23. The van der Waals surface area contributed by atoms with Gasteiger partial charge in [-0.1, -0.05) is 6.07 Å². The largest absolute Gasteiger partial charge is 0.371 e. The highest BCUT2D eigenvalue weighted by atomic mass is 79.9. The summed E-state index contributed by atoms with van der Waals surface area (Å²) in [5, 5.41) is 2.92. The molecule has 21 heavy (non-hydrogen) atoms. The van der Waals surface area contributed by atoms with Crippen molar-refractivity contribution in [2.24, 2.45) is 0 Å². The van der Waals surface area contributed by atoms with Gasteiger partial charge in [-0.05, 0) is 59.1 Å². The van der Waals surface area contributed by atoms with E-state index in [4.69, 9.17) is 0 Å². The number of hydrogen-bond donors (Lipinski definition) is 1. The first-order valence-corrected chi connectivity index (χ1v) is 7.79. The molecule has 4 nitrogen and oxygen atoms in total. The third-order valence-corrected chi connectivity index (χ3v) is 4.03. The first-order chi connectivity index (χ1) is 10.2. The average Bonchev–Trinajstić information content (AvgIpc) is 3.02. The molecule has 0 radical (unpaired) electrons. The van der Waals surface area contributed by atoms with Crippen molar-refractivity contribution >= 4 is 33.2 Å². The van der Waals surface area contributed by atoms with Crippen LogP contribution >= 0.6 is 15.9 Å². The molecule has 0 unspecified atom stereocenters. The lowest BCUT2D eigenvalue weighted by Crippen LogP contribution is -2.18. The fourth-order valence-electron chi connectivity index (χ4n) is 2.47. The monoisotopic (exact) mass is 345 g/mol. The predicted molar refractivity (Wildman–Crippen MR) is 87.8 cm³/mol. The van der Waals surface area contributed by atoms with Crippen LogP contribution in [0.4, 0.5) is 11.4 Å². The number of pyridine rings is 1. The summed E-state index contributed by atoms with van der Waals surface area (Å²) in [7, 11) is 0. The zero-order valence-corrected chi connectivity index (χ0v) is 13.1. The van der Waals surface area contributed by atoms with Crippen LogP contribution in [-0.4, -0.2) is 24.0 Å². The SMILES string of the molecule is O=C(Nc1cccc(N2CCCC2)c1)c1ccc(Br)nc1. The number of rotatable bonds is 3. The van der Waals surface area contributed by atoms with Gasteiger partial charge in [0, 0.05) is 30.7 Å². The van der Waals surface area contributed by atoms with Crippen molar-refractivity contribution in [1.82, 2.24) is 4.98 Å². The molecule has 1 saturated heterocycles. The van der Waals surface area contributed by atoms with Gasteiger partial charge in [0.05, 0.1) is 5.56 Å². The van der Waals surface area contributed by atoms with Crippen LogP contribution in [0.3, 0.4) is 0 Å². The van der Waals surface area contributed by atoms with Gasteiger partial charge in [-0.3, -0.25) is 4.79 Å². The maximum Gasteiger partial charge on any atom is 0.257 e. The minimum Gasteiger partial charge on any atom is -0.371 e. The summed E-state index contributed by atoms with van der Waals surface area (Å²) in [5.41, 5.74) is 2.52. The quantitative estimate of drug-likeness (QED) is 0.862. The smallest absolute Gasteiger partial charge is 0.257 e. The number of nitrogens with one attached hydrogen (secondary N) is 1. The van der Waals surface area contributed by atoms with Crippen LogP contribution in [0.25, 0.3) is 0 Å². The van der Waals surface area contributed by atoms with Gasteiger partial charge in [0.1, 0.15) is 4.60 Å². The normalized spacial score (nSPS) is 14.2. The summed E-state index contributed by atoms with van der Waals surface area (Å²) in [6.07, 6.45) is 4.03. The Kier molecular flexibility index (Phi) is 4.20. The van der Waals surface area contributed by atoms with Gasteiger partial charge in [-0.15, -0.1) is 0 Å². The topological polar surface area (TPSA) is 45.2 Å². The van der Waals surface area contributed by atoms with Crippen molar-refractivity contribution in [2.45, 2.75) is 12.8 Å². The Morgan fingerprint density at radius 1 is 1.19 bits per heavy atom. The van der Waals surface area contributed by atoms with Crippen LogP contribution in [0, 0.1) is 0 Å². The van der Waals surface area contributed by atoms with Gasteiger partial charge < -0.3 is 10.2 Å². The minimum atomic E-state index is -0.145. The standard InChI is InChI=1S/C16H16BrN3O/c17-15-7-6-12(11-18-15)16(21)19-13-4-3-5-14(10-13)20-8-1-2-9-20/h3-7,10-11H,1-2,8-9H2,(H,19,21). The summed E-state index contributed by atoms with van der Waals surface area (Å²) < 4.78 is 0.718.